The highest BCUT2D eigenvalue weighted by Gasteiger charge is 2.54. The Morgan fingerprint density at radius 2 is 1.50 bits per heavy atom. The molecule has 22 heavy (non-hydrogen) atoms. The van der Waals surface area contributed by atoms with E-state index in [2.05, 4.69) is 20.8 Å². The number of ether oxygens (including phenoxy) is 2. The van der Waals surface area contributed by atoms with E-state index in [4.69, 9.17) is 22.8 Å². The number of epoxide rings is 1. The molecule has 0 spiro atoms. The summed E-state index contributed by atoms with van der Waals surface area (Å²) >= 11 is 0. The van der Waals surface area contributed by atoms with Gasteiger partial charge >= 0.3 is 8.80 Å². The van der Waals surface area contributed by atoms with Crippen molar-refractivity contribution in [2.45, 2.75) is 78.2 Å². The lowest BCUT2D eigenvalue weighted by atomic mass is 10.0. The summed E-state index contributed by atoms with van der Waals surface area (Å²) in [4.78, 5) is 0. The van der Waals surface area contributed by atoms with Crippen molar-refractivity contribution in [2.24, 2.45) is 0 Å². The Hall–Kier alpha value is 0.0169. The minimum atomic E-state index is -2.85. The van der Waals surface area contributed by atoms with Crippen LogP contribution in [0.4, 0.5) is 0 Å². The third-order valence-electron chi connectivity index (χ3n) is 3.96. The lowest BCUT2D eigenvalue weighted by molar-refractivity contribution is -0.0694. The number of rotatable bonds is 13. The fourth-order valence-electron chi connectivity index (χ4n) is 2.71. The first-order chi connectivity index (χ1) is 10.5. The Labute approximate surface area is 137 Å². The molecule has 0 radical (unpaired) electrons. The van der Waals surface area contributed by atoms with E-state index in [0.29, 0.717) is 19.8 Å². The third kappa shape index (κ3) is 5.01. The molecule has 0 aromatic heterocycles. The molecule has 132 valence electrons. The molecule has 5 nitrogen and oxygen atoms in total. The summed E-state index contributed by atoms with van der Waals surface area (Å²) in [6.07, 6.45) is 2.91. The molecule has 0 bridgehead atoms. The monoisotopic (exact) mass is 334 g/mol. The van der Waals surface area contributed by atoms with E-state index < -0.39 is 8.80 Å². The highest BCUT2D eigenvalue weighted by molar-refractivity contribution is 6.62. The van der Waals surface area contributed by atoms with Gasteiger partial charge in [0.1, 0.15) is 11.3 Å². The average Bonchev–Trinajstić information content (AvgIpc) is 3.23. The van der Waals surface area contributed by atoms with E-state index in [-0.39, 0.29) is 17.4 Å². The van der Waals surface area contributed by atoms with Gasteiger partial charge in [-0.2, -0.15) is 0 Å². The third-order valence-corrected chi connectivity index (χ3v) is 7.37. The lowest BCUT2D eigenvalue weighted by Gasteiger charge is -2.37. The molecule has 1 aliphatic rings. The largest absolute Gasteiger partial charge is 0.531 e. The first-order valence-corrected chi connectivity index (χ1v) is 10.5. The van der Waals surface area contributed by atoms with Crippen LogP contribution in [0.2, 0.25) is 0 Å². The maximum Gasteiger partial charge on any atom is 0.531 e. The van der Waals surface area contributed by atoms with Crippen molar-refractivity contribution in [1.82, 2.24) is 0 Å². The van der Waals surface area contributed by atoms with Crippen molar-refractivity contribution in [3.05, 3.63) is 0 Å². The van der Waals surface area contributed by atoms with E-state index in [1.54, 1.807) is 0 Å². The Morgan fingerprint density at radius 3 is 1.82 bits per heavy atom. The molecule has 0 aromatic rings. The van der Waals surface area contributed by atoms with Gasteiger partial charge < -0.3 is 22.8 Å². The number of hydrogen-bond donors (Lipinski definition) is 0. The van der Waals surface area contributed by atoms with Crippen molar-refractivity contribution >= 4 is 8.80 Å². The summed E-state index contributed by atoms with van der Waals surface area (Å²) < 4.78 is 30.1. The molecule has 0 aliphatic carbocycles. The maximum absolute atomic E-state index is 6.45. The van der Waals surface area contributed by atoms with Crippen LogP contribution in [0.5, 0.6) is 0 Å². The zero-order chi connectivity index (χ0) is 16.6. The second-order valence-electron chi connectivity index (χ2n) is 5.81. The van der Waals surface area contributed by atoms with Crippen molar-refractivity contribution in [3.8, 4) is 0 Å². The van der Waals surface area contributed by atoms with Gasteiger partial charge in [-0.1, -0.05) is 20.3 Å². The quantitative estimate of drug-likeness (QED) is 0.382. The Morgan fingerprint density at radius 1 is 1.00 bits per heavy atom. The van der Waals surface area contributed by atoms with E-state index in [9.17, 15) is 0 Å². The van der Waals surface area contributed by atoms with E-state index >= 15 is 0 Å². The average molecular weight is 335 g/mol. The first-order valence-electron chi connectivity index (χ1n) is 8.73. The summed E-state index contributed by atoms with van der Waals surface area (Å²) in [5.41, 5.74) is -0.307. The normalized spacial score (nSPS) is 24.3. The van der Waals surface area contributed by atoms with Crippen LogP contribution in [0.15, 0.2) is 0 Å². The molecule has 0 saturated carbocycles. The van der Waals surface area contributed by atoms with Gasteiger partial charge in [0.2, 0.25) is 0 Å². The summed E-state index contributed by atoms with van der Waals surface area (Å²) in [6, 6.07) is 0. The molecule has 1 rings (SSSR count). The van der Waals surface area contributed by atoms with Crippen molar-refractivity contribution in [1.29, 1.82) is 0 Å². The SMILES string of the molecule is CCCC(OC(CC)[Si](OCC)(OCC)OCC)C1(C)CO1. The Balaban J connectivity index is 2.90. The summed E-state index contributed by atoms with van der Waals surface area (Å²) in [5.74, 6) is 0. The second kappa shape index (κ2) is 9.35. The summed E-state index contributed by atoms with van der Waals surface area (Å²) in [6.45, 7) is 14.8. The standard InChI is InChI=1S/C16H34O5Si/c1-7-12-14(16(6)13-17-16)21-15(8-2)22(18-9-3,19-10-4)20-11-5/h14-15H,7-13H2,1-6H3. The maximum atomic E-state index is 6.45. The molecule has 0 amide bonds. The summed E-state index contributed by atoms with van der Waals surface area (Å²) in [5, 5.41) is 0. The van der Waals surface area contributed by atoms with Crippen LogP contribution in [-0.2, 0) is 22.8 Å². The lowest BCUT2D eigenvalue weighted by Crippen LogP contribution is -2.59. The highest BCUT2D eigenvalue weighted by Crippen LogP contribution is 2.36. The molecule has 1 heterocycles. The predicted octanol–water partition coefficient (Wildman–Crippen LogP) is 3.33. The molecule has 0 aromatic carbocycles. The van der Waals surface area contributed by atoms with Crippen molar-refractivity contribution in [3.63, 3.8) is 0 Å². The molecule has 3 unspecified atom stereocenters. The van der Waals surface area contributed by atoms with Crippen LogP contribution in [0.25, 0.3) is 0 Å². The zero-order valence-corrected chi connectivity index (χ0v) is 16.1. The molecule has 1 fully saturated rings. The van der Waals surface area contributed by atoms with Gasteiger partial charge in [0, 0.05) is 19.8 Å². The minimum absolute atomic E-state index is 0.0655. The van der Waals surface area contributed by atoms with Crippen LogP contribution in [0.3, 0.4) is 0 Å². The molecule has 1 aliphatic heterocycles. The van der Waals surface area contributed by atoms with Gasteiger partial charge in [-0.15, -0.1) is 0 Å². The molecular weight excluding hydrogens is 300 g/mol. The first kappa shape index (κ1) is 20.1. The van der Waals surface area contributed by atoms with Crippen LogP contribution in [0.1, 0.15) is 60.8 Å². The van der Waals surface area contributed by atoms with Crippen molar-refractivity contribution in [2.75, 3.05) is 26.4 Å². The molecule has 6 heteroatoms. The predicted molar refractivity (Wildman–Crippen MR) is 88.8 cm³/mol. The van der Waals surface area contributed by atoms with Crippen molar-refractivity contribution < 1.29 is 22.8 Å². The van der Waals surface area contributed by atoms with Gasteiger partial charge in [-0.3, -0.25) is 0 Å². The van der Waals surface area contributed by atoms with Crippen LogP contribution in [-0.4, -0.2) is 52.7 Å². The smallest absolute Gasteiger partial charge is 0.372 e. The van der Waals surface area contributed by atoms with Gasteiger partial charge in [0.05, 0.1) is 12.7 Å². The van der Waals surface area contributed by atoms with Crippen LogP contribution < -0.4 is 0 Å². The van der Waals surface area contributed by atoms with Gasteiger partial charge in [-0.25, -0.2) is 0 Å². The topological polar surface area (TPSA) is 49.5 Å². The Bertz CT molecular complexity index is 292. The van der Waals surface area contributed by atoms with Gasteiger partial charge in [0.25, 0.3) is 0 Å². The van der Waals surface area contributed by atoms with Gasteiger partial charge in [-0.05, 0) is 40.5 Å². The highest BCUT2D eigenvalue weighted by atomic mass is 28.4. The van der Waals surface area contributed by atoms with Crippen LogP contribution in [0, 0.1) is 0 Å². The van der Waals surface area contributed by atoms with E-state index in [1.165, 1.54) is 0 Å². The fourth-order valence-corrected chi connectivity index (χ4v) is 5.56. The van der Waals surface area contributed by atoms with E-state index in [1.807, 2.05) is 20.8 Å². The molecule has 1 saturated heterocycles. The molecule has 0 N–H and O–H groups in total. The summed E-state index contributed by atoms with van der Waals surface area (Å²) in [7, 11) is -2.85. The zero-order valence-electron chi connectivity index (χ0n) is 15.1. The molecule has 3 atom stereocenters. The fraction of sp³-hybridized carbons (Fsp3) is 1.00. The minimum Gasteiger partial charge on any atom is -0.372 e. The van der Waals surface area contributed by atoms with E-state index in [0.717, 1.165) is 25.9 Å². The Kier molecular flexibility index (Phi) is 8.52. The molecular formula is C16H34O5Si. The van der Waals surface area contributed by atoms with Crippen LogP contribution >= 0.6 is 0 Å². The number of hydrogen-bond acceptors (Lipinski definition) is 5. The van der Waals surface area contributed by atoms with Gasteiger partial charge in [0.15, 0.2) is 0 Å². The second-order valence-corrected chi connectivity index (χ2v) is 8.53.